The number of H-pyrrole nitrogens is 1. The second-order valence-corrected chi connectivity index (χ2v) is 3.68. The van der Waals surface area contributed by atoms with Crippen molar-refractivity contribution in [2.45, 2.75) is 20.0 Å². The van der Waals surface area contributed by atoms with Crippen molar-refractivity contribution in [3.8, 4) is 0 Å². The van der Waals surface area contributed by atoms with E-state index in [1.54, 1.807) is 0 Å². The van der Waals surface area contributed by atoms with Crippen LogP contribution >= 0.6 is 15.9 Å². The predicted molar refractivity (Wildman–Crippen MR) is 48.4 cm³/mol. The van der Waals surface area contributed by atoms with Crippen molar-refractivity contribution in [3.63, 3.8) is 0 Å². The molecule has 0 aliphatic rings. The number of aromatic nitrogens is 1. The van der Waals surface area contributed by atoms with Crippen LogP contribution in [0.15, 0.2) is 4.60 Å². The Kier molecular flexibility index (Phi) is 2.76. The number of hydrogen-bond acceptors (Lipinski definition) is 1. The molecule has 78 valence electrons. The molecule has 0 bridgehead atoms. The van der Waals surface area contributed by atoms with E-state index < -0.39 is 12.0 Å². The number of hydrogen-bond donors (Lipinski definition) is 1. The maximum Gasteiger partial charge on any atom is 0.454 e. The second-order valence-electron chi connectivity index (χ2n) is 2.89. The molecule has 0 unspecified atom stereocenters. The summed E-state index contributed by atoms with van der Waals surface area (Å²) in [6, 6.07) is 0. The molecule has 1 heterocycles. The number of aromatic amines is 1. The Morgan fingerprint density at radius 3 is 2.14 bits per heavy atom. The summed E-state index contributed by atoms with van der Waals surface area (Å²) in [5.41, 5.74) is 0.200. The van der Waals surface area contributed by atoms with Crippen molar-refractivity contribution >= 4 is 21.7 Å². The van der Waals surface area contributed by atoms with E-state index in [0.717, 1.165) is 0 Å². The summed E-state index contributed by atoms with van der Waals surface area (Å²) in [4.78, 5) is 13.6. The number of nitrogens with one attached hydrogen (secondary N) is 1. The SMILES string of the molecule is Cc1[nH]c(Br)c(C)c1C(=O)C(F)(F)F. The number of carbonyl (C=O) groups is 1. The van der Waals surface area contributed by atoms with Gasteiger partial charge in [0.1, 0.15) is 0 Å². The minimum absolute atomic E-state index is 0.219. The van der Waals surface area contributed by atoms with Gasteiger partial charge >= 0.3 is 6.18 Å². The van der Waals surface area contributed by atoms with E-state index in [9.17, 15) is 18.0 Å². The van der Waals surface area contributed by atoms with Crippen molar-refractivity contribution in [1.29, 1.82) is 0 Å². The average molecular weight is 270 g/mol. The largest absolute Gasteiger partial charge is 0.454 e. The Balaban J connectivity index is 3.27. The monoisotopic (exact) mass is 269 g/mol. The van der Waals surface area contributed by atoms with Gasteiger partial charge in [-0.15, -0.1) is 0 Å². The Bertz CT molecular complexity index is 381. The minimum Gasteiger partial charge on any atom is -0.353 e. The first-order valence-corrected chi connectivity index (χ1v) is 4.50. The highest BCUT2D eigenvalue weighted by atomic mass is 79.9. The quantitative estimate of drug-likeness (QED) is 0.781. The van der Waals surface area contributed by atoms with E-state index in [0.29, 0.717) is 4.60 Å². The summed E-state index contributed by atoms with van der Waals surface area (Å²) in [7, 11) is 0. The molecule has 1 aromatic heterocycles. The Hall–Kier alpha value is -0.780. The van der Waals surface area contributed by atoms with Crippen LogP contribution in [0.25, 0.3) is 0 Å². The molecule has 0 radical (unpaired) electrons. The molecule has 0 saturated heterocycles. The highest BCUT2D eigenvalue weighted by molar-refractivity contribution is 9.10. The molecule has 0 aliphatic heterocycles. The number of ketones is 1. The number of rotatable bonds is 1. The highest BCUT2D eigenvalue weighted by Gasteiger charge is 2.41. The third-order valence-corrected chi connectivity index (χ3v) is 2.65. The van der Waals surface area contributed by atoms with Gasteiger partial charge in [-0.1, -0.05) is 0 Å². The van der Waals surface area contributed by atoms with E-state index in [1.807, 2.05) is 0 Å². The first-order valence-electron chi connectivity index (χ1n) is 3.71. The molecule has 0 atom stereocenters. The lowest BCUT2D eigenvalue weighted by molar-refractivity contribution is -0.0886. The molecule has 1 N–H and O–H groups in total. The zero-order valence-corrected chi connectivity index (χ0v) is 9.01. The molecule has 0 spiro atoms. The van der Waals surface area contributed by atoms with Crippen LogP contribution in [0, 0.1) is 13.8 Å². The molecule has 6 heteroatoms. The van der Waals surface area contributed by atoms with Gasteiger partial charge in [0.15, 0.2) is 0 Å². The number of alkyl halides is 3. The standard InChI is InChI=1S/C8H7BrF3NO/c1-3-5(4(2)13-7(3)9)6(14)8(10,11)12/h13H,1-2H3. The Labute approximate surface area is 86.6 Å². The predicted octanol–water partition coefficient (Wildman–Crippen LogP) is 3.14. The van der Waals surface area contributed by atoms with E-state index >= 15 is 0 Å². The van der Waals surface area contributed by atoms with Crippen molar-refractivity contribution in [2.75, 3.05) is 0 Å². The lowest BCUT2D eigenvalue weighted by Crippen LogP contribution is -2.23. The summed E-state index contributed by atoms with van der Waals surface area (Å²) in [6.45, 7) is 2.88. The van der Waals surface area contributed by atoms with Gasteiger partial charge in [0.05, 0.1) is 10.2 Å². The Morgan fingerprint density at radius 1 is 1.36 bits per heavy atom. The molecule has 0 amide bonds. The van der Waals surface area contributed by atoms with Crippen LogP contribution in [0.3, 0.4) is 0 Å². The molecule has 2 nitrogen and oxygen atoms in total. The number of Topliss-reactive ketones (excluding diaryl/α,β-unsaturated/α-hetero) is 1. The fraction of sp³-hybridized carbons (Fsp3) is 0.375. The summed E-state index contributed by atoms with van der Waals surface area (Å²) in [5, 5.41) is 0. The third-order valence-electron chi connectivity index (χ3n) is 1.86. The van der Waals surface area contributed by atoms with Gasteiger partial charge in [0.2, 0.25) is 0 Å². The van der Waals surface area contributed by atoms with E-state index in [2.05, 4.69) is 20.9 Å². The van der Waals surface area contributed by atoms with Crippen LogP contribution < -0.4 is 0 Å². The summed E-state index contributed by atoms with van der Waals surface area (Å²) in [5.74, 6) is -1.81. The third kappa shape index (κ3) is 1.84. The maximum absolute atomic E-state index is 12.1. The number of aryl methyl sites for hydroxylation is 1. The average Bonchev–Trinajstić information content (AvgIpc) is 2.24. The fourth-order valence-electron chi connectivity index (χ4n) is 1.19. The first kappa shape index (κ1) is 11.3. The summed E-state index contributed by atoms with van der Waals surface area (Å²) >= 11 is 3.03. The zero-order chi connectivity index (χ0) is 11.1. The van der Waals surface area contributed by atoms with Gasteiger partial charge in [-0.3, -0.25) is 4.79 Å². The van der Waals surface area contributed by atoms with Crippen LogP contribution in [-0.4, -0.2) is 16.9 Å². The van der Waals surface area contributed by atoms with Gasteiger partial charge in [0.25, 0.3) is 5.78 Å². The van der Waals surface area contributed by atoms with Gasteiger partial charge in [-0.2, -0.15) is 13.2 Å². The van der Waals surface area contributed by atoms with Crippen molar-refractivity contribution in [3.05, 3.63) is 21.4 Å². The number of halogens is 4. The van der Waals surface area contributed by atoms with E-state index in [4.69, 9.17) is 0 Å². The Morgan fingerprint density at radius 2 is 1.86 bits per heavy atom. The summed E-state index contributed by atoms with van der Waals surface area (Å²) < 4.78 is 36.8. The molecule has 0 aromatic carbocycles. The van der Waals surface area contributed by atoms with E-state index in [-0.39, 0.29) is 16.8 Å². The van der Waals surface area contributed by atoms with Crippen LogP contribution in [0.2, 0.25) is 0 Å². The molecule has 14 heavy (non-hydrogen) atoms. The smallest absolute Gasteiger partial charge is 0.353 e. The normalized spacial score (nSPS) is 11.9. The zero-order valence-electron chi connectivity index (χ0n) is 7.42. The number of carbonyl (C=O) groups excluding carboxylic acids is 1. The molecular weight excluding hydrogens is 263 g/mol. The molecule has 0 fully saturated rings. The highest BCUT2D eigenvalue weighted by Crippen LogP contribution is 2.29. The van der Waals surface area contributed by atoms with Crippen LogP contribution in [0.1, 0.15) is 21.6 Å². The molecular formula is C8H7BrF3NO. The lowest BCUT2D eigenvalue weighted by atomic mass is 10.1. The van der Waals surface area contributed by atoms with Gasteiger partial charge in [0, 0.05) is 5.69 Å². The first-order chi connectivity index (χ1) is 6.25. The summed E-state index contributed by atoms with van der Waals surface area (Å²) in [6.07, 6.45) is -4.82. The fourth-order valence-corrected chi connectivity index (χ4v) is 1.69. The van der Waals surface area contributed by atoms with Crippen molar-refractivity contribution in [1.82, 2.24) is 4.98 Å². The van der Waals surface area contributed by atoms with Crippen molar-refractivity contribution in [2.24, 2.45) is 0 Å². The van der Waals surface area contributed by atoms with Crippen LogP contribution in [-0.2, 0) is 0 Å². The van der Waals surface area contributed by atoms with Crippen LogP contribution in [0.4, 0.5) is 13.2 Å². The molecule has 1 rings (SSSR count). The molecule has 0 saturated carbocycles. The van der Waals surface area contributed by atoms with Crippen LogP contribution in [0.5, 0.6) is 0 Å². The maximum atomic E-state index is 12.1. The molecule has 0 aliphatic carbocycles. The molecule has 1 aromatic rings. The van der Waals surface area contributed by atoms with Gasteiger partial charge < -0.3 is 4.98 Å². The van der Waals surface area contributed by atoms with Gasteiger partial charge in [-0.25, -0.2) is 0 Å². The second kappa shape index (κ2) is 3.42. The minimum atomic E-state index is -4.82. The van der Waals surface area contributed by atoms with Crippen molar-refractivity contribution < 1.29 is 18.0 Å². The lowest BCUT2D eigenvalue weighted by Gasteiger charge is -2.05. The van der Waals surface area contributed by atoms with E-state index in [1.165, 1.54) is 13.8 Å². The van der Waals surface area contributed by atoms with Gasteiger partial charge in [-0.05, 0) is 35.3 Å². The topological polar surface area (TPSA) is 32.9 Å².